The van der Waals surface area contributed by atoms with Gasteiger partial charge in [-0.1, -0.05) is 30.3 Å². The van der Waals surface area contributed by atoms with Gasteiger partial charge in [-0.15, -0.1) is 0 Å². The van der Waals surface area contributed by atoms with Gasteiger partial charge in [0.1, 0.15) is 0 Å². The number of nitrogens with zero attached hydrogens (tertiary/aromatic N) is 2. The lowest BCUT2D eigenvalue weighted by Gasteiger charge is -2.35. The van der Waals surface area contributed by atoms with Crippen molar-refractivity contribution in [1.29, 1.82) is 0 Å². The second-order valence-electron chi connectivity index (χ2n) is 8.68. The van der Waals surface area contributed by atoms with Crippen molar-refractivity contribution in [2.75, 3.05) is 31.3 Å². The molecule has 0 spiro atoms. The number of benzene rings is 3. The zero-order valence-electron chi connectivity index (χ0n) is 19.3. The van der Waals surface area contributed by atoms with Gasteiger partial charge >= 0.3 is 0 Å². The van der Waals surface area contributed by atoms with Crippen molar-refractivity contribution in [3.63, 3.8) is 0 Å². The van der Waals surface area contributed by atoms with Crippen molar-refractivity contribution in [2.24, 2.45) is 0 Å². The molecule has 3 aromatic carbocycles. The Hall–Kier alpha value is -3.53. The molecule has 9 heteroatoms. The third-order valence-corrected chi connectivity index (χ3v) is 7.54. The van der Waals surface area contributed by atoms with E-state index in [2.05, 4.69) is 0 Å². The molecule has 36 heavy (non-hydrogen) atoms. The van der Waals surface area contributed by atoms with Crippen LogP contribution >= 0.6 is 11.8 Å². The van der Waals surface area contributed by atoms with Crippen LogP contribution in [0.25, 0.3) is 10.8 Å². The average molecular weight is 505 g/mol. The summed E-state index contributed by atoms with van der Waals surface area (Å²) in [7, 11) is 0. The fraction of sp³-hybridized carbons (Fsp3) is 0.259. The van der Waals surface area contributed by atoms with E-state index in [1.807, 2.05) is 30.3 Å². The van der Waals surface area contributed by atoms with E-state index in [1.54, 1.807) is 0 Å². The predicted molar refractivity (Wildman–Crippen MR) is 135 cm³/mol. The first-order valence-corrected chi connectivity index (χ1v) is 12.8. The molecule has 0 saturated carbocycles. The fourth-order valence-electron chi connectivity index (χ4n) is 4.92. The van der Waals surface area contributed by atoms with Crippen LogP contribution in [0.1, 0.15) is 47.0 Å². The summed E-state index contributed by atoms with van der Waals surface area (Å²) in [5.41, 5.74) is 1.87. The lowest BCUT2D eigenvalue weighted by Crippen LogP contribution is -2.50. The molecule has 0 bridgehead atoms. The molecule has 0 fully saturated rings. The van der Waals surface area contributed by atoms with E-state index in [1.165, 1.54) is 40.9 Å². The molecule has 8 nitrogen and oxygen atoms in total. The smallest absolute Gasteiger partial charge is 0.261 e. The van der Waals surface area contributed by atoms with Gasteiger partial charge < -0.3 is 10.2 Å². The number of thioether (sulfide) groups is 1. The van der Waals surface area contributed by atoms with E-state index < -0.39 is 36.3 Å². The Morgan fingerprint density at radius 2 is 1.22 bits per heavy atom. The number of aliphatic hydroxyl groups excluding tert-OH is 2. The minimum atomic E-state index is -0.766. The van der Waals surface area contributed by atoms with Crippen LogP contribution in [0.4, 0.5) is 0 Å². The fourth-order valence-corrected chi connectivity index (χ4v) is 5.57. The molecule has 2 N–H and O–H groups in total. The summed E-state index contributed by atoms with van der Waals surface area (Å²) < 4.78 is 0. The van der Waals surface area contributed by atoms with Crippen LogP contribution in [0.15, 0.2) is 54.6 Å². The highest BCUT2D eigenvalue weighted by atomic mass is 32.2. The van der Waals surface area contributed by atoms with Crippen LogP contribution in [0.2, 0.25) is 0 Å². The van der Waals surface area contributed by atoms with E-state index in [-0.39, 0.29) is 35.4 Å². The molecular formula is C27H24N2O6S. The standard InChI is InChI=1S/C27H24N2O6S/c30-11-13-36-12-10-28-24(32)18-6-8-20-23-21(9-7-19(22(18)23)25(28)33)27(35)29(26(20)34)17(15-31)14-16-4-2-1-3-5-16/h1-9,17,30-31H,10-15H2. The van der Waals surface area contributed by atoms with E-state index >= 15 is 0 Å². The van der Waals surface area contributed by atoms with Crippen molar-refractivity contribution in [3.05, 3.63) is 82.4 Å². The third-order valence-electron chi connectivity index (χ3n) is 6.60. The molecule has 1 atom stereocenters. The predicted octanol–water partition coefficient (Wildman–Crippen LogP) is 2.36. The highest BCUT2D eigenvalue weighted by molar-refractivity contribution is 7.99. The Balaban J connectivity index is 1.54. The number of aliphatic hydroxyl groups is 2. The number of rotatable bonds is 9. The molecular weight excluding hydrogens is 480 g/mol. The van der Waals surface area contributed by atoms with E-state index in [9.17, 15) is 24.3 Å². The number of carbonyl (C=O) groups excluding carboxylic acids is 4. The number of amides is 4. The summed E-state index contributed by atoms with van der Waals surface area (Å²) in [6.07, 6.45) is 0.295. The number of hydrogen-bond donors (Lipinski definition) is 2. The quantitative estimate of drug-likeness (QED) is 0.340. The van der Waals surface area contributed by atoms with Crippen LogP contribution < -0.4 is 0 Å². The van der Waals surface area contributed by atoms with Crippen LogP contribution in [0, 0.1) is 0 Å². The van der Waals surface area contributed by atoms with Crippen molar-refractivity contribution in [3.8, 4) is 0 Å². The van der Waals surface area contributed by atoms with Crippen molar-refractivity contribution < 1.29 is 29.4 Å². The van der Waals surface area contributed by atoms with Crippen LogP contribution in [0.5, 0.6) is 0 Å². The highest BCUT2D eigenvalue weighted by Gasteiger charge is 2.41. The molecule has 3 aromatic rings. The maximum Gasteiger partial charge on any atom is 0.261 e. The van der Waals surface area contributed by atoms with Crippen molar-refractivity contribution in [2.45, 2.75) is 12.5 Å². The molecule has 4 amide bonds. The lowest BCUT2D eigenvalue weighted by atomic mass is 9.85. The molecule has 5 rings (SSSR count). The van der Waals surface area contributed by atoms with E-state index in [0.717, 1.165) is 10.5 Å². The first-order chi connectivity index (χ1) is 17.5. The van der Waals surface area contributed by atoms with Crippen LogP contribution in [-0.4, -0.2) is 80.9 Å². The Morgan fingerprint density at radius 3 is 1.72 bits per heavy atom. The summed E-state index contributed by atoms with van der Waals surface area (Å²) in [5, 5.41) is 19.7. The summed E-state index contributed by atoms with van der Waals surface area (Å²) in [6, 6.07) is 14.6. The second-order valence-corrected chi connectivity index (χ2v) is 9.90. The van der Waals surface area contributed by atoms with Gasteiger partial charge in [-0.3, -0.25) is 29.0 Å². The maximum absolute atomic E-state index is 13.6. The van der Waals surface area contributed by atoms with Gasteiger partial charge in [0.25, 0.3) is 23.6 Å². The minimum Gasteiger partial charge on any atom is -0.396 e. The molecule has 2 aliphatic rings. The Kier molecular flexibility index (Phi) is 6.61. The summed E-state index contributed by atoms with van der Waals surface area (Å²) in [4.78, 5) is 55.8. The van der Waals surface area contributed by atoms with E-state index in [0.29, 0.717) is 28.7 Å². The summed E-state index contributed by atoms with van der Waals surface area (Å²) >= 11 is 1.44. The number of imide groups is 2. The van der Waals surface area contributed by atoms with Gasteiger partial charge in [-0.2, -0.15) is 11.8 Å². The number of carbonyl (C=O) groups is 4. The second kappa shape index (κ2) is 9.85. The Morgan fingerprint density at radius 1 is 0.694 bits per heavy atom. The van der Waals surface area contributed by atoms with Crippen LogP contribution in [-0.2, 0) is 6.42 Å². The number of hydrogen-bond acceptors (Lipinski definition) is 7. The molecule has 2 aliphatic heterocycles. The van der Waals surface area contributed by atoms with Gasteiger partial charge in [-0.05, 0) is 36.2 Å². The zero-order valence-corrected chi connectivity index (χ0v) is 20.2. The van der Waals surface area contributed by atoms with Gasteiger partial charge in [0, 0.05) is 51.1 Å². The molecule has 0 saturated heterocycles. The van der Waals surface area contributed by atoms with Gasteiger partial charge in [-0.25, -0.2) is 0 Å². The molecule has 1 unspecified atom stereocenters. The van der Waals surface area contributed by atoms with Gasteiger partial charge in [0.2, 0.25) is 0 Å². The first-order valence-electron chi connectivity index (χ1n) is 11.6. The topological polar surface area (TPSA) is 115 Å². The molecule has 0 aromatic heterocycles. The van der Waals surface area contributed by atoms with Crippen molar-refractivity contribution in [1.82, 2.24) is 9.80 Å². The molecule has 184 valence electrons. The molecule has 0 aliphatic carbocycles. The minimum absolute atomic E-state index is 0.0157. The summed E-state index contributed by atoms with van der Waals surface area (Å²) in [5.74, 6) is -1.07. The first kappa shape index (κ1) is 24.2. The normalized spacial score (nSPS) is 15.7. The molecule has 0 radical (unpaired) electrons. The summed E-state index contributed by atoms with van der Waals surface area (Å²) in [6.45, 7) is -0.195. The SMILES string of the molecule is O=C1c2ccc3c4c(ccc(c24)C(=O)N1CCSCCO)C(=O)N(C(CO)Cc1ccccc1)C3=O. The van der Waals surface area contributed by atoms with E-state index in [4.69, 9.17) is 5.11 Å². The Bertz CT molecular complexity index is 1320. The highest BCUT2D eigenvalue weighted by Crippen LogP contribution is 2.38. The third kappa shape index (κ3) is 3.89. The van der Waals surface area contributed by atoms with Crippen LogP contribution in [0.3, 0.4) is 0 Å². The monoisotopic (exact) mass is 504 g/mol. The van der Waals surface area contributed by atoms with Gasteiger partial charge in [0.15, 0.2) is 0 Å². The van der Waals surface area contributed by atoms with Crippen molar-refractivity contribution >= 4 is 46.2 Å². The van der Waals surface area contributed by atoms with Gasteiger partial charge in [0.05, 0.1) is 19.3 Å². The lowest BCUT2D eigenvalue weighted by molar-refractivity contribution is 0.0468. The maximum atomic E-state index is 13.6. The Labute approximate surface area is 211 Å². The zero-order chi connectivity index (χ0) is 25.4. The average Bonchev–Trinajstić information content (AvgIpc) is 2.90. The molecule has 2 heterocycles. The largest absolute Gasteiger partial charge is 0.396 e.